The molecule has 0 saturated carbocycles. The molecule has 0 bridgehead atoms. The van der Waals surface area contributed by atoms with Crippen LogP contribution in [0.3, 0.4) is 0 Å². The highest BCUT2D eigenvalue weighted by molar-refractivity contribution is 6.26. The summed E-state index contributed by atoms with van der Waals surface area (Å²) >= 11 is 0. The Kier molecular flexibility index (Phi) is 6.38. The number of aromatic nitrogens is 5. The van der Waals surface area contributed by atoms with Crippen molar-refractivity contribution in [2.24, 2.45) is 0 Å². The molecule has 0 unspecified atom stereocenters. The van der Waals surface area contributed by atoms with Crippen LogP contribution in [0.25, 0.3) is 110 Å². The first-order valence-electron chi connectivity index (χ1n) is 19.8. The van der Waals surface area contributed by atoms with Crippen LogP contribution in [0.5, 0.6) is 0 Å². The minimum absolute atomic E-state index is 0.875. The number of para-hydroxylation sites is 6. The van der Waals surface area contributed by atoms with E-state index in [1.807, 2.05) is 0 Å². The minimum atomic E-state index is 0.875. The summed E-state index contributed by atoms with van der Waals surface area (Å²) in [6, 6.07) is 72.2. The Labute approximate surface area is 332 Å². The molecule has 8 aromatic carbocycles. The first kappa shape index (κ1) is 31.3. The van der Waals surface area contributed by atoms with Gasteiger partial charge in [0.1, 0.15) is 11.6 Å². The maximum atomic E-state index is 5.62. The third-order valence-corrected chi connectivity index (χ3v) is 12.1. The summed E-state index contributed by atoms with van der Waals surface area (Å²) in [6.07, 6.45) is 0. The zero-order valence-corrected chi connectivity index (χ0v) is 31.3. The monoisotopic (exact) mass is 739 g/mol. The van der Waals surface area contributed by atoms with Gasteiger partial charge in [-0.3, -0.25) is 9.13 Å². The third kappa shape index (κ3) is 4.22. The van der Waals surface area contributed by atoms with Crippen LogP contribution in [-0.2, 0) is 0 Å². The summed E-state index contributed by atoms with van der Waals surface area (Å²) in [5, 5.41) is 9.68. The van der Waals surface area contributed by atoms with E-state index in [4.69, 9.17) is 4.98 Å². The molecule has 13 aromatic rings. The van der Waals surface area contributed by atoms with Crippen LogP contribution in [0.15, 0.2) is 200 Å². The van der Waals surface area contributed by atoms with Crippen LogP contribution < -0.4 is 0 Å². The van der Waals surface area contributed by atoms with Crippen LogP contribution in [0.4, 0.5) is 0 Å². The molecule has 5 heterocycles. The lowest BCUT2D eigenvalue weighted by molar-refractivity contribution is 1.02. The Morgan fingerprint density at radius 3 is 1.29 bits per heavy atom. The van der Waals surface area contributed by atoms with Gasteiger partial charge in [-0.1, -0.05) is 121 Å². The van der Waals surface area contributed by atoms with Crippen molar-refractivity contribution in [2.45, 2.75) is 0 Å². The predicted molar refractivity (Wildman–Crippen MR) is 242 cm³/mol. The summed E-state index contributed by atoms with van der Waals surface area (Å²) in [5.41, 5.74) is 11.6. The highest BCUT2D eigenvalue weighted by Crippen LogP contribution is 2.43. The lowest BCUT2D eigenvalue weighted by atomic mass is 10.1. The van der Waals surface area contributed by atoms with E-state index in [0.29, 0.717) is 0 Å². The maximum Gasteiger partial charge on any atom is 0.140 e. The number of hydrogen-bond donors (Lipinski definition) is 0. The molecule has 270 valence electrons. The largest absolute Gasteiger partial charge is 0.309 e. The van der Waals surface area contributed by atoms with Crippen LogP contribution in [0.1, 0.15) is 0 Å². The number of nitrogens with zero attached hydrogens (tertiary/aromatic N) is 5. The second kappa shape index (κ2) is 11.8. The average molecular weight is 740 g/mol. The number of pyridine rings is 1. The van der Waals surface area contributed by atoms with Gasteiger partial charge in [0.05, 0.1) is 44.1 Å². The molecule has 0 fully saturated rings. The third-order valence-electron chi connectivity index (χ3n) is 12.1. The second-order valence-electron chi connectivity index (χ2n) is 15.2. The first-order valence-corrected chi connectivity index (χ1v) is 19.8. The molecule has 0 saturated heterocycles. The topological polar surface area (TPSA) is 32.6 Å². The summed E-state index contributed by atoms with van der Waals surface area (Å²) in [6.45, 7) is 0. The van der Waals surface area contributed by atoms with E-state index in [9.17, 15) is 0 Å². The highest BCUT2D eigenvalue weighted by atomic mass is 15.1. The summed E-state index contributed by atoms with van der Waals surface area (Å²) in [5.74, 6) is 1.75. The molecule has 0 radical (unpaired) electrons. The Balaban J connectivity index is 1.11. The van der Waals surface area contributed by atoms with Gasteiger partial charge in [0, 0.05) is 54.5 Å². The van der Waals surface area contributed by atoms with Gasteiger partial charge < -0.3 is 9.13 Å². The number of rotatable bonds is 4. The van der Waals surface area contributed by atoms with Gasteiger partial charge in [0.25, 0.3) is 0 Å². The van der Waals surface area contributed by atoms with Gasteiger partial charge in [-0.25, -0.2) is 4.98 Å². The van der Waals surface area contributed by atoms with E-state index < -0.39 is 0 Å². The Morgan fingerprint density at radius 1 is 0.259 bits per heavy atom. The molecule has 13 rings (SSSR count). The fraction of sp³-hybridized carbons (Fsp3) is 0. The van der Waals surface area contributed by atoms with E-state index in [0.717, 1.165) is 45.1 Å². The molecule has 0 atom stereocenters. The standard InChI is InChI=1S/C53H33N5/c1-3-16-34(17-4-1)55-46-27-14-10-23-40(46)52-47(55)31-30-39-36-20-7-13-26-45(36)58(53(39)52)51-29-15-28-50(54-51)57-44-25-12-9-22-38(44)42-32-48-41(33-49(42)57)37-21-8-11-24-43(37)56(48)35-18-5-2-6-19-35/h1-33H. The SMILES string of the molecule is c1ccc(-n2c3ccccc3c3cc4c(cc32)c2ccccc2n4-c2cccc(-n3c4ccccc4c4ccc5c(c6ccccc6n5-c5ccccc5)c43)n2)cc1. The quantitative estimate of drug-likeness (QED) is 0.177. The minimum Gasteiger partial charge on any atom is -0.309 e. The first-order chi connectivity index (χ1) is 28.8. The Hall–Kier alpha value is -7.89. The number of benzene rings is 8. The fourth-order valence-electron chi connectivity index (χ4n) is 9.80. The Morgan fingerprint density at radius 2 is 0.690 bits per heavy atom. The molecule has 58 heavy (non-hydrogen) atoms. The van der Waals surface area contributed by atoms with Crippen LogP contribution in [-0.4, -0.2) is 23.3 Å². The molecule has 0 aliphatic heterocycles. The molecule has 5 aromatic heterocycles. The molecular formula is C53H33N5. The van der Waals surface area contributed by atoms with Gasteiger partial charge in [-0.05, 0) is 78.9 Å². The molecule has 0 amide bonds. The van der Waals surface area contributed by atoms with Crippen molar-refractivity contribution in [1.29, 1.82) is 0 Å². The normalized spacial score (nSPS) is 12.1. The smallest absolute Gasteiger partial charge is 0.140 e. The van der Waals surface area contributed by atoms with E-state index in [1.165, 1.54) is 65.2 Å². The van der Waals surface area contributed by atoms with Gasteiger partial charge in [-0.15, -0.1) is 0 Å². The maximum absolute atomic E-state index is 5.62. The zero-order chi connectivity index (χ0) is 37.9. The van der Waals surface area contributed by atoms with E-state index in [-0.39, 0.29) is 0 Å². The van der Waals surface area contributed by atoms with Crippen LogP contribution in [0, 0.1) is 0 Å². The van der Waals surface area contributed by atoms with Crippen molar-refractivity contribution < 1.29 is 0 Å². The van der Waals surface area contributed by atoms with Crippen molar-refractivity contribution in [3.8, 4) is 23.0 Å². The molecule has 0 aliphatic rings. The molecule has 0 aliphatic carbocycles. The lowest BCUT2D eigenvalue weighted by Crippen LogP contribution is -2.03. The van der Waals surface area contributed by atoms with E-state index in [1.54, 1.807) is 0 Å². The lowest BCUT2D eigenvalue weighted by Gasteiger charge is -2.12. The van der Waals surface area contributed by atoms with Gasteiger partial charge >= 0.3 is 0 Å². The molecule has 5 heteroatoms. The summed E-state index contributed by atoms with van der Waals surface area (Å²) in [7, 11) is 0. The van der Waals surface area contributed by atoms with Crippen LogP contribution >= 0.6 is 0 Å². The zero-order valence-electron chi connectivity index (χ0n) is 31.3. The second-order valence-corrected chi connectivity index (χ2v) is 15.2. The predicted octanol–water partition coefficient (Wildman–Crippen LogP) is 13.5. The molecule has 5 nitrogen and oxygen atoms in total. The van der Waals surface area contributed by atoms with Crippen LogP contribution in [0.2, 0.25) is 0 Å². The number of fused-ring (bicyclic) bond motifs is 13. The van der Waals surface area contributed by atoms with Crippen molar-refractivity contribution in [3.05, 3.63) is 200 Å². The van der Waals surface area contributed by atoms with Gasteiger partial charge in [0.2, 0.25) is 0 Å². The summed E-state index contributed by atoms with van der Waals surface area (Å²) < 4.78 is 9.53. The van der Waals surface area contributed by atoms with Gasteiger partial charge in [-0.2, -0.15) is 0 Å². The van der Waals surface area contributed by atoms with E-state index in [2.05, 4.69) is 218 Å². The average Bonchev–Trinajstić information content (AvgIpc) is 4.01. The highest BCUT2D eigenvalue weighted by Gasteiger charge is 2.23. The molecule has 0 N–H and O–H groups in total. The molecule has 0 spiro atoms. The fourth-order valence-corrected chi connectivity index (χ4v) is 9.80. The van der Waals surface area contributed by atoms with Crippen molar-refractivity contribution in [2.75, 3.05) is 0 Å². The summed E-state index contributed by atoms with van der Waals surface area (Å²) in [4.78, 5) is 5.62. The van der Waals surface area contributed by atoms with E-state index >= 15 is 0 Å². The van der Waals surface area contributed by atoms with Gasteiger partial charge in [0.15, 0.2) is 0 Å². The molecular weight excluding hydrogens is 707 g/mol. The Bertz CT molecular complexity index is 3790. The number of hydrogen-bond acceptors (Lipinski definition) is 1. The van der Waals surface area contributed by atoms with Crippen molar-refractivity contribution >= 4 is 87.2 Å². The van der Waals surface area contributed by atoms with Crippen molar-refractivity contribution in [3.63, 3.8) is 0 Å². The van der Waals surface area contributed by atoms with Crippen molar-refractivity contribution in [1.82, 2.24) is 23.3 Å².